The molecule has 1 fully saturated rings. The van der Waals surface area contributed by atoms with E-state index in [9.17, 15) is 10.2 Å². The fourth-order valence-corrected chi connectivity index (χ4v) is 4.37. The van der Waals surface area contributed by atoms with E-state index in [1.54, 1.807) is 24.4 Å². The third kappa shape index (κ3) is 5.46. The molecule has 7 nitrogen and oxygen atoms in total. The summed E-state index contributed by atoms with van der Waals surface area (Å²) in [5.74, 6) is 1.03. The summed E-state index contributed by atoms with van der Waals surface area (Å²) in [6.07, 6.45) is 12.0. The summed E-state index contributed by atoms with van der Waals surface area (Å²) in [7, 11) is 1.49. The summed E-state index contributed by atoms with van der Waals surface area (Å²) < 4.78 is 5.84. The van der Waals surface area contributed by atoms with Gasteiger partial charge >= 0.3 is 0 Å². The Kier molecular flexibility index (Phi) is 7.98. The molecular weight excluding hydrogens is 400 g/mol. The number of phenolic OH excluding ortho intramolecular Hbond substituents is 1. The van der Waals surface area contributed by atoms with Crippen LogP contribution >= 0.6 is 11.3 Å². The van der Waals surface area contributed by atoms with Gasteiger partial charge in [-0.05, 0) is 36.2 Å². The molecule has 0 spiro atoms. The Labute approximate surface area is 180 Å². The average Bonchev–Trinajstić information content (AvgIpc) is 3.12. The van der Waals surface area contributed by atoms with E-state index in [4.69, 9.17) is 4.74 Å². The summed E-state index contributed by atoms with van der Waals surface area (Å²) in [6.45, 7) is 1.89. The first-order valence-corrected chi connectivity index (χ1v) is 11.0. The quantitative estimate of drug-likeness (QED) is 0.391. The van der Waals surface area contributed by atoms with Gasteiger partial charge in [-0.15, -0.1) is 11.3 Å². The van der Waals surface area contributed by atoms with Crippen LogP contribution < -0.4 is 10.2 Å². The lowest BCUT2D eigenvalue weighted by Crippen LogP contribution is -1.95. The number of nitrogens with one attached hydrogen (secondary N) is 1. The number of phenols is 1. The molecule has 3 N–H and O–H groups in total. The molecule has 0 radical (unpaired) electrons. The second-order valence-electron chi connectivity index (χ2n) is 7.13. The maximum atomic E-state index is 9.76. The molecule has 4 rings (SSSR count). The lowest BCUT2D eigenvalue weighted by Gasteiger charge is -2.05. The molecule has 8 heteroatoms. The molecule has 1 saturated carbocycles. The molecule has 3 aromatic rings. The molecule has 160 valence electrons. The lowest BCUT2D eigenvalue weighted by molar-refractivity contribution is 0.285. The molecule has 0 atom stereocenters. The SMILES string of the molecule is C1CCCCC1.COc1ccc(C=NNc2ncnc3c(C)c(CO)sc23)cc1O. The van der Waals surface area contributed by atoms with Crippen molar-refractivity contribution in [3.63, 3.8) is 0 Å². The highest BCUT2D eigenvalue weighted by Crippen LogP contribution is 2.33. The number of aromatic nitrogens is 2. The lowest BCUT2D eigenvalue weighted by atomic mass is 10.0. The van der Waals surface area contributed by atoms with Gasteiger partial charge in [-0.1, -0.05) is 38.5 Å². The predicted octanol–water partition coefficient (Wildman–Crippen LogP) is 4.99. The van der Waals surface area contributed by atoms with Crippen molar-refractivity contribution in [2.75, 3.05) is 12.5 Å². The van der Waals surface area contributed by atoms with Crippen molar-refractivity contribution in [1.82, 2.24) is 9.97 Å². The second-order valence-corrected chi connectivity index (χ2v) is 8.24. The highest BCUT2D eigenvalue weighted by Gasteiger charge is 2.12. The number of ether oxygens (including phenoxy) is 1. The van der Waals surface area contributed by atoms with Gasteiger partial charge in [0.05, 0.1) is 30.1 Å². The number of aliphatic hydroxyl groups excluding tert-OH is 1. The van der Waals surface area contributed by atoms with Crippen LogP contribution in [0.5, 0.6) is 11.5 Å². The number of hydrogen-bond donors (Lipinski definition) is 3. The van der Waals surface area contributed by atoms with Crippen molar-refractivity contribution in [1.29, 1.82) is 0 Å². The first-order valence-electron chi connectivity index (χ1n) is 10.1. The number of nitrogens with zero attached hydrogens (tertiary/aromatic N) is 3. The van der Waals surface area contributed by atoms with Crippen LogP contribution in [-0.4, -0.2) is 33.5 Å². The van der Waals surface area contributed by atoms with Crippen LogP contribution in [0.3, 0.4) is 0 Å². The number of hydrogen-bond acceptors (Lipinski definition) is 8. The van der Waals surface area contributed by atoms with Crippen LogP contribution in [-0.2, 0) is 6.61 Å². The van der Waals surface area contributed by atoms with Crippen LogP contribution in [0, 0.1) is 6.92 Å². The zero-order valence-corrected chi connectivity index (χ0v) is 18.2. The molecule has 2 aromatic heterocycles. The molecule has 0 unspecified atom stereocenters. The van der Waals surface area contributed by atoms with Crippen molar-refractivity contribution < 1.29 is 14.9 Å². The van der Waals surface area contributed by atoms with E-state index in [2.05, 4.69) is 20.5 Å². The van der Waals surface area contributed by atoms with Gasteiger partial charge in [0.15, 0.2) is 17.3 Å². The van der Waals surface area contributed by atoms with Crippen LogP contribution in [0.25, 0.3) is 10.2 Å². The molecule has 0 aliphatic heterocycles. The number of methoxy groups -OCH3 is 1. The summed E-state index contributed by atoms with van der Waals surface area (Å²) in [5, 5.41) is 23.3. The van der Waals surface area contributed by atoms with E-state index in [0.29, 0.717) is 17.1 Å². The Morgan fingerprint density at radius 3 is 2.47 bits per heavy atom. The fraction of sp³-hybridized carbons (Fsp3) is 0.409. The number of thiophene rings is 1. The number of rotatable bonds is 5. The molecule has 1 aromatic carbocycles. The zero-order valence-electron chi connectivity index (χ0n) is 17.4. The van der Waals surface area contributed by atoms with Crippen molar-refractivity contribution in [2.45, 2.75) is 52.1 Å². The van der Waals surface area contributed by atoms with Gasteiger partial charge in [-0.25, -0.2) is 9.97 Å². The predicted molar refractivity (Wildman–Crippen MR) is 122 cm³/mol. The van der Waals surface area contributed by atoms with E-state index < -0.39 is 0 Å². The van der Waals surface area contributed by atoms with E-state index >= 15 is 0 Å². The molecule has 1 aliphatic carbocycles. The van der Waals surface area contributed by atoms with Gasteiger partial charge in [0.2, 0.25) is 0 Å². The number of fused-ring (bicyclic) bond motifs is 1. The highest BCUT2D eigenvalue weighted by molar-refractivity contribution is 7.19. The molecule has 1 aliphatic rings. The minimum Gasteiger partial charge on any atom is -0.504 e. The number of benzene rings is 1. The third-order valence-corrected chi connectivity index (χ3v) is 6.31. The third-order valence-electron chi connectivity index (χ3n) is 5.03. The van der Waals surface area contributed by atoms with Gasteiger partial charge in [-0.3, -0.25) is 5.43 Å². The first-order chi connectivity index (χ1) is 14.6. The summed E-state index contributed by atoms with van der Waals surface area (Å²) >= 11 is 1.44. The van der Waals surface area contributed by atoms with Crippen molar-refractivity contribution in [3.05, 3.63) is 40.5 Å². The van der Waals surface area contributed by atoms with Gasteiger partial charge in [-0.2, -0.15) is 5.10 Å². The maximum absolute atomic E-state index is 9.76. The molecule has 30 heavy (non-hydrogen) atoms. The van der Waals surface area contributed by atoms with E-state index in [0.717, 1.165) is 20.7 Å². The van der Waals surface area contributed by atoms with E-state index in [1.807, 2.05) is 6.92 Å². The van der Waals surface area contributed by atoms with Crippen LogP contribution in [0.1, 0.15) is 54.5 Å². The monoisotopic (exact) mass is 428 g/mol. The minimum atomic E-state index is -0.0271. The smallest absolute Gasteiger partial charge is 0.167 e. The maximum Gasteiger partial charge on any atom is 0.167 e. The van der Waals surface area contributed by atoms with Gasteiger partial charge in [0.1, 0.15) is 6.33 Å². The molecule has 0 bridgehead atoms. The molecule has 2 heterocycles. The van der Waals surface area contributed by atoms with E-state index in [-0.39, 0.29) is 12.4 Å². The topological polar surface area (TPSA) is 99.9 Å². The second kappa shape index (κ2) is 10.9. The van der Waals surface area contributed by atoms with Crippen molar-refractivity contribution >= 4 is 33.6 Å². The van der Waals surface area contributed by atoms with Crippen molar-refractivity contribution in [2.24, 2.45) is 5.10 Å². The summed E-state index contributed by atoms with van der Waals surface area (Å²) in [6, 6.07) is 4.99. The summed E-state index contributed by atoms with van der Waals surface area (Å²) in [4.78, 5) is 9.31. The molecule has 0 saturated heterocycles. The normalized spacial score (nSPS) is 13.8. The number of aliphatic hydroxyl groups is 1. The van der Waals surface area contributed by atoms with Gasteiger partial charge < -0.3 is 14.9 Å². The van der Waals surface area contributed by atoms with Crippen molar-refractivity contribution in [3.8, 4) is 11.5 Å². The Bertz CT molecular complexity index is 988. The fourth-order valence-electron chi connectivity index (χ4n) is 3.32. The number of anilines is 1. The van der Waals surface area contributed by atoms with Crippen LogP contribution in [0.15, 0.2) is 29.6 Å². The Hall–Kier alpha value is -2.71. The van der Waals surface area contributed by atoms with Gasteiger partial charge in [0.25, 0.3) is 0 Å². The van der Waals surface area contributed by atoms with Crippen LogP contribution in [0.4, 0.5) is 5.82 Å². The molecular formula is C22H28N4O3S. The minimum absolute atomic E-state index is 0.0271. The number of aromatic hydroxyl groups is 1. The summed E-state index contributed by atoms with van der Waals surface area (Å²) in [5.41, 5.74) is 5.35. The number of hydrazone groups is 1. The average molecular weight is 429 g/mol. The molecule has 0 amide bonds. The Morgan fingerprint density at radius 2 is 1.87 bits per heavy atom. The largest absolute Gasteiger partial charge is 0.504 e. The van der Waals surface area contributed by atoms with E-state index in [1.165, 1.54) is 63.3 Å². The highest BCUT2D eigenvalue weighted by atomic mass is 32.1. The Balaban J connectivity index is 0.000000367. The number of aryl methyl sites for hydroxylation is 1. The van der Waals surface area contributed by atoms with Gasteiger partial charge in [0, 0.05) is 4.88 Å². The first kappa shape index (κ1) is 22.0. The van der Waals surface area contributed by atoms with Crippen LogP contribution in [0.2, 0.25) is 0 Å². The standard InChI is InChI=1S/C16H16N4O3S.C6H12/c1-9-13(7-21)24-15-14(9)17-8-18-16(15)20-19-6-10-3-4-12(23-2)11(22)5-10;1-2-4-6-5-3-1/h3-6,8,21-22H,7H2,1-2H3,(H,17,18,20);1-6H2. The Morgan fingerprint density at radius 1 is 1.17 bits per heavy atom. The zero-order chi connectivity index (χ0) is 21.3.